The van der Waals surface area contributed by atoms with Crippen molar-refractivity contribution < 1.29 is 9.59 Å². The van der Waals surface area contributed by atoms with E-state index in [1.54, 1.807) is 18.2 Å². The lowest BCUT2D eigenvalue weighted by molar-refractivity contribution is 0.0998. The van der Waals surface area contributed by atoms with Crippen LogP contribution < -0.4 is 11.1 Å². The van der Waals surface area contributed by atoms with Gasteiger partial charge < -0.3 is 11.1 Å². The molecule has 3 aromatic carbocycles. The molecule has 4 aromatic rings. The van der Waals surface area contributed by atoms with Crippen LogP contribution in [0.25, 0.3) is 21.8 Å². The number of carbonyl (C=O) groups excluding carboxylic acids is 2. The molecule has 0 unspecified atom stereocenters. The maximum absolute atomic E-state index is 13.2. The van der Waals surface area contributed by atoms with E-state index in [9.17, 15) is 9.59 Å². The van der Waals surface area contributed by atoms with E-state index in [1.807, 2.05) is 67.6 Å². The average Bonchev–Trinajstić information content (AvgIpc) is 3.22. The minimum Gasteiger partial charge on any atom is -0.366 e. The van der Waals surface area contributed by atoms with Crippen molar-refractivity contribution in [2.75, 3.05) is 5.32 Å². The van der Waals surface area contributed by atoms with Crippen LogP contribution in [0.15, 0.2) is 78.9 Å². The Balaban J connectivity index is 1.73. The van der Waals surface area contributed by atoms with E-state index in [2.05, 4.69) is 5.32 Å². The van der Waals surface area contributed by atoms with E-state index in [-0.39, 0.29) is 5.91 Å². The highest BCUT2D eigenvalue weighted by Gasteiger charge is 2.21. The highest BCUT2D eigenvalue weighted by molar-refractivity contribution is 7.17. The predicted molar refractivity (Wildman–Crippen MR) is 121 cm³/mol. The minimum atomic E-state index is -0.502. The number of nitrogens with zero attached hydrogens (tertiary/aromatic N) is 1. The van der Waals surface area contributed by atoms with E-state index in [0.29, 0.717) is 21.8 Å². The molecule has 6 heteroatoms. The first-order chi connectivity index (χ1) is 14.5. The van der Waals surface area contributed by atoms with Crippen LogP contribution in [0.5, 0.6) is 0 Å². The van der Waals surface area contributed by atoms with E-state index in [4.69, 9.17) is 10.7 Å². The van der Waals surface area contributed by atoms with Crippen molar-refractivity contribution in [3.8, 4) is 21.8 Å². The van der Waals surface area contributed by atoms with Gasteiger partial charge in [0.2, 0.25) is 5.91 Å². The van der Waals surface area contributed by atoms with Gasteiger partial charge in [0.05, 0.1) is 5.69 Å². The van der Waals surface area contributed by atoms with Crippen LogP contribution in [0.3, 0.4) is 0 Å². The highest BCUT2D eigenvalue weighted by atomic mass is 32.1. The van der Waals surface area contributed by atoms with Gasteiger partial charge in [-0.05, 0) is 30.7 Å². The molecule has 2 amide bonds. The minimum absolute atomic E-state index is 0.247. The number of carbonyl (C=O) groups is 2. The summed E-state index contributed by atoms with van der Waals surface area (Å²) in [4.78, 5) is 29.9. The van der Waals surface area contributed by atoms with Gasteiger partial charge in [-0.2, -0.15) is 0 Å². The Morgan fingerprint density at radius 2 is 1.53 bits per heavy atom. The van der Waals surface area contributed by atoms with Gasteiger partial charge in [0.15, 0.2) is 0 Å². The Morgan fingerprint density at radius 1 is 0.900 bits per heavy atom. The van der Waals surface area contributed by atoms with Crippen LogP contribution in [0, 0.1) is 6.92 Å². The van der Waals surface area contributed by atoms with Crippen molar-refractivity contribution in [3.63, 3.8) is 0 Å². The van der Waals surface area contributed by atoms with Gasteiger partial charge in [0.1, 0.15) is 9.88 Å². The van der Waals surface area contributed by atoms with Crippen molar-refractivity contribution in [3.05, 3.63) is 94.9 Å². The van der Waals surface area contributed by atoms with E-state index < -0.39 is 5.91 Å². The van der Waals surface area contributed by atoms with Crippen LogP contribution in [0.4, 0.5) is 5.69 Å². The molecule has 0 aliphatic heterocycles. The molecule has 0 saturated carbocycles. The second-order valence-corrected chi connectivity index (χ2v) is 7.78. The molecule has 30 heavy (non-hydrogen) atoms. The molecule has 3 N–H and O–H groups in total. The fourth-order valence-electron chi connectivity index (χ4n) is 3.11. The van der Waals surface area contributed by atoms with Gasteiger partial charge in [-0.25, -0.2) is 4.98 Å². The molecular formula is C24H19N3O2S. The van der Waals surface area contributed by atoms with Gasteiger partial charge in [0, 0.05) is 22.4 Å². The third kappa shape index (κ3) is 3.99. The fourth-order valence-corrected chi connectivity index (χ4v) is 4.09. The number of anilines is 1. The third-order valence-corrected chi connectivity index (χ3v) is 5.76. The largest absolute Gasteiger partial charge is 0.366 e. The number of nitrogens with two attached hydrogens (primary N) is 1. The molecule has 0 aliphatic rings. The van der Waals surface area contributed by atoms with E-state index in [0.717, 1.165) is 21.7 Å². The summed E-state index contributed by atoms with van der Waals surface area (Å²) in [7, 11) is 0. The lowest BCUT2D eigenvalue weighted by Gasteiger charge is -2.09. The molecule has 0 spiro atoms. The van der Waals surface area contributed by atoms with Gasteiger partial charge >= 0.3 is 0 Å². The van der Waals surface area contributed by atoms with Gasteiger partial charge in [0.25, 0.3) is 5.91 Å². The standard InChI is InChI=1S/C24H19N3O2S/c1-15-14-18(22(25)28)12-13-19(15)26-23(29)21-20(16-8-4-2-5-9-16)27-24(30-21)17-10-6-3-7-11-17/h2-14H,1H3,(H2,25,28)(H,26,29). The quantitative estimate of drug-likeness (QED) is 0.475. The normalized spacial score (nSPS) is 10.6. The number of amides is 2. The van der Waals surface area contributed by atoms with Crippen molar-refractivity contribution in [2.24, 2.45) is 5.73 Å². The molecular weight excluding hydrogens is 394 g/mol. The molecule has 0 bridgehead atoms. The van der Waals surface area contributed by atoms with Crippen LogP contribution >= 0.6 is 11.3 Å². The number of hydrogen-bond acceptors (Lipinski definition) is 4. The lowest BCUT2D eigenvalue weighted by Crippen LogP contribution is -2.14. The Morgan fingerprint density at radius 3 is 2.13 bits per heavy atom. The molecule has 1 heterocycles. The van der Waals surface area contributed by atoms with E-state index in [1.165, 1.54) is 11.3 Å². The van der Waals surface area contributed by atoms with E-state index >= 15 is 0 Å². The smallest absolute Gasteiger partial charge is 0.268 e. The maximum Gasteiger partial charge on any atom is 0.268 e. The first-order valence-corrected chi connectivity index (χ1v) is 10.2. The summed E-state index contributed by atoms with van der Waals surface area (Å²) in [6, 6.07) is 24.4. The van der Waals surface area contributed by atoms with Crippen molar-refractivity contribution in [2.45, 2.75) is 6.92 Å². The summed E-state index contributed by atoms with van der Waals surface area (Å²) < 4.78 is 0. The van der Waals surface area contributed by atoms with Gasteiger partial charge in [-0.15, -0.1) is 11.3 Å². The summed E-state index contributed by atoms with van der Waals surface area (Å²) in [5, 5.41) is 3.73. The average molecular weight is 414 g/mol. The SMILES string of the molecule is Cc1cc(C(N)=O)ccc1NC(=O)c1sc(-c2ccccc2)nc1-c1ccccc1. The number of hydrogen-bond donors (Lipinski definition) is 2. The molecule has 0 atom stereocenters. The molecule has 148 valence electrons. The zero-order chi connectivity index (χ0) is 21.1. The molecule has 0 fully saturated rings. The molecule has 4 rings (SSSR count). The number of thiazole rings is 1. The number of nitrogens with one attached hydrogen (secondary N) is 1. The Kier molecular flexibility index (Phi) is 5.41. The van der Waals surface area contributed by atoms with Crippen molar-refractivity contribution >= 4 is 28.8 Å². The summed E-state index contributed by atoms with van der Waals surface area (Å²) in [6.45, 7) is 1.82. The number of primary amides is 1. The summed E-state index contributed by atoms with van der Waals surface area (Å²) in [5.74, 6) is -0.749. The fraction of sp³-hybridized carbons (Fsp3) is 0.0417. The molecule has 0 saturated heterocycles. The third-order valence-electron chi connectivity index (χ3n) is 4.66. The van der Waals surface area contributed by atoms with Crippen LogP contribution in [-0.2, 0) is 0 Å². The van der Waals surface area contributed by atoms with Crippen LogP contribution in [0.1, 0.15) is 25.6 Å². The zero-order valence-electron chi connectivity index (χ0n) is 16.3. The summed E-state index contributed by atoms with van der Waals surface area (Å²) >= 11 is 1.35. The molecule has 0 radical (unpaired) electrons. The monoisotopic (exact) mass is 413 g/mol. The molecule has 5 nitrogen and oxygen atoms in total. The second-order valence-electron chi connectivity index (χ2n) is 6.78. The number of aromatic nitrogens is 1. The number of aryl methyl sites for hydroxylation is 1. The van der Waals surface area contributed by atoms with Crippen molar-refractivity contribution in [1.29, 1.82) is 0 Å². The Bertz CT molecular complexity index is 1220. The van der Waals surface area contributed by atoms with Gasteiger partial charge in [-0.3, -0.25) is 9.59 Å². The number of benzene rings is 3. The molecule has 0 aliphatic carbocycles. The number of rotatable bonds is 5. The van der Waals surface area contributed by atoms with Gasteiger partial charge in [-0.1, -0.05) is 60.7 Å². The Labute approximate surface area is 178 Å². The predicted octanol–water partition coefficient (Wildman–Crippen LogP) is 5.14. The highest BCUT2D eigenvalue weighted by Crippen LogP contribution is 2.34. The topological polar surface area (TPSA) is 85.1 Å². The molecule has 1 aromatic heterocycles. The Hall–Kier alpha value is -3.77. The summed E-state index contributed by atoms with van der Waals surface area (Å²) in [6.07, 6.45) is 0. The first-order valence-electron chi connectivity index (χ1n) is 9.36. The lowest BCUT2D eigenvalue weighted by atomic mass is 10.1. The zero-order valence-corrected chi connectivity index (χ0v) is 17.1. The van der Waals surface area contributed by atoms with Crippen molar-refractivity contribution in [1.82, 2.24) is 4.98 Å². The van der Waals surface area contributed by atoms with Crippen LogP contribution in [0.2, 0.25) is 0 Å². The maximum atomic E-state index is 13.2. The van der Waals surface area contributed by atoms with Crippen LogP contribution in [-0.4, -0.2) is 16.8 Å². The second kappa shape index (κ2) is 8.31. The first kappa shape index (κ1) is 19.5. The summed E-state index contributed by atoms with van der Waals surface area (Å²) in [5.41, 5.74) is 9.60.